The molecule has 4 nitrogen and oxygen atoms in total. The molecule has 3 aromatic rings. The molecule has 0 aliphatic carbocycles. The normalized spacial score (nSPS) is 14.4. The van der Waals surface area contributed by atoms with Gasteiger partial charge in [0.15, 0.2) is 0 Å². The van der Waals surface area contributed by atoms with Gasteiger partial charge in [-0.25, -0.2) is 0 Å². The van der Waals surface area contributed by atoms with Crippen molar-refractivity contribution in [1.82, 2.24) is 9.88 Å². The lowest BCUT2D eigenvalue weighted by atomic mass is 10.0. The number of hydrogen-bond acceptors (Lipinski definition) is 2. The van der Waals surface area contributed by atoms with E-state index in [2.05, 4.69) is 34.3 Å². The fraction of sp³-hybridized carbons (Fsp3) is 0.286. The van der Waals surface area contributed by atoms with Gasteiger partial charge in [0.1, 0.15) is 0 Å². The molecule has 4 rings (SSSR count). The van der Waals surface area contributed by atoms with Crippen LogP contribution in [0.25, 0.3) is 10.9 Å². The zero-order valence-electron chi connectivity index (χ0n) is 14.8. The van der Waals surface area contributed by atoms with E-state index < -0.39 is 0 Å². The third-order valence-electron chi connectivity index (χ3n) is 5.09. The molecule has 2 N–H and O–H groups in total. The number of anilines is 1. The predicted molar refractivity (Wildman–Crippen MR) is 107 cm³/mol. The van der Waals surface area contributed by atoms with E-state index in [-0.39, 0.29) is 12.3 Å². The summed E-state index contributed by atoms with van der Waals surface area (Å²) in [5, 5.41) is 4.83. The summed E-state index contributed by atoms with van der Waals surface area (Å²) >= 11 is 6.15. The molecular weight excluding hydrogens is 346 g/mol. The quantitative estimate of drug-likeness (QED) is 0.718. The Morgan fingerprint density at radius 3 is 2.92 bits per heavy atom. The fourth-order valence-electron chi connectivity index (χ4n) is 3.64. The number of rotatable bonds is 4. The first kappa shape index (κ1) is 17.1. The Kier molecular flexibility index (Phi) is 4.70. The van der Waals surface area contributed by atoms with E-state index in [1.165, 1.54) is 16.6 Å². The maximum Gasteiger partial charge on any atom is 0.228 e. The number of aromatic amines is 1. The molecule has 0 bridgehead atoms. The number of carbonyl (C=O) groups excluding carboxylic acids is 1. The Morgan fingerprint density at radius 1 is 1.27 bits per heavy atom. The van der Waals surface area contributed by atoms with Crippen LogP contribution in [0.15, 0.2) is 42.5 Å². The molecule has 1 amide bonds. The van der Waals surface area contributed by atoms with Gasteiger partial charge in [0, 0.05) is 46.8 Å². The van der Waals surface area contributed by atoms with Gasteiger partial charge >= 0.3 is 0 Å². The summed E-state index contributed by atoms with van der Waals surface area (Å²) in [6, 6.07) is 13.5. The summed E-state index contributed by atoms with van der Waals surface area (Å²) in [6.07, 6.45) is 1.32. The standard InChI is InChI=1S/C21H22ClN3O/c1-2-25-10-9-20-17(13-25)16-12-15(7-8-19(16)24-20)23-21(26)11-14-5-3-4-6-18(14)22/h3-8,12,24H,2,9-11,13H2,1H3,(H,23,26). The Hall–Kier alpha value is -2.30. The predicted octanol–water partition coefficient (Wildman–Crippen LogP) is 4.38. The molecule has 0 radical (unpaired) electrons. The number of halogens is 1. The molecular formula is C21H22ClN3O. The second-order valence-corrected chi connectivity index (χ2v) is 7.18. The lowest BCUT2D eigenvalue weighted by Crippen LogP contribution is -2.29. The molecule has 1 aliphatic rings. The maximum atomic E-state index is 12.4. The number of hydrogen-bond donors (Lipinski definition) is 2. The van der Waals surface area contributed by atoms with Crippen molar-refractivity contribution in [3.63, 3.8) is 0 Å². The Balaban J connectivity index is 1.56. The van der Waals surface area contributed by atoms with Crippen LogP contribution in [0.1, 0.15) is 23.7 Å². The molecule has 2 heterocycles. The average Bonchev–Trinajstić information content (AvgIpc) is 3.00. The molecule has 0 fully saturated rings. The highest BCUT2D eigenvalue weighted by atomic mass is 35.5. The summed E-state index contributed by atoms with van der Waals surface area (Å²) < 4.78 is 0. The largest absolute Gasteiger partial charge is 0.358 e. The highest BCUT2D eigenvalue weighted by Crippen LogP contribution is 2.29. The molecule has 1 aliphatic heterocycles. The van der Waals surface area contributed by atoms with Gasteiger partial charge in [-0.3, -0.25) is 9.69 Å². The Morgan fingerprint density at radius 2 is 2.12 bits per heavy atom. The highest BCUT2D eigenvalue weighted by Gasteiger charge is 2.20. The van der Waals surface area contributed by atoms with Crippen molar-refractivity contribution in [2.75, 3.05) is 18.4 Å². The SMILES string of the molecule is CCN1CCc2[nH]c3ccc(NC(=O)Cc4ccccc4Cl)cc3c2C1. The van der Waals surface area contributed by atoms with Crippen LogP contribution in [0.4, 0.5) is 5.69 Å². The van der Waals surface area contributed by atoms with Crippen molar-refractivity contribution in [2.24, 2.45) is 0 Å². The smallest absolute Gasteiger partial charge is 0.228 e. The first-order chi connectivity index (χ1) is 12.6. The first-order valence-electron chi connectivity index (χ1n) is 9.03. The number of amides is 1. The van der Waals surface area contributed by atoms with E-state index >= 15 is 0 Å². The number of aromatic nitrogens is 1. The van der Waals surface area contributed by atoms with Gasteiger partial charge in [-0.05, 0) is 41.9 Å². The number of H-pyrrole nitrogens is 1. The van der Waals surface area contributed by atoms with Crippen LogP contribution in [0.3, 0.4) is 0 Å². The van der Waals surface area contributed by atoms with E-state index in [1.807, 2.05) is 30.3 Å². The first-order valence-corrected chi connectivity index (χ1v) is 9.41. The van der Waals surface area contributed by atoms with Crippen molar-refractivity contribution < 1.29 is 4.79 Å². The number of nitrogens with one attached hydrogen (secondary N) is 2. The minimum absolute atomic E-state index is 0.0583. The van der Waals surface area contributed by atoms with Crippen LogP contribution in [0.2, 0.25) is 5.02 Å². The zero-order chi connectivity index (χ0) is 18.1. The van der Waals surface area contributed by atoms with E-state index in [0.717, 1.165) is 42.8 Å². The minimum Gasteiger partial charge on any atom is -0.358 e. The Labute approximate surface area is 158 Å². The number of fused-ring (bicyclic) bond motifs is 3. The minimum atomic E-state index is -0.0583. The monoisotopic (exact) mass is 367 g/mol. The van der Waals surface area contributed by atoms with Crippen molar-refractivity contribution in [1.29, 1.82) is 0 Å². The summed E-state index contributed by atoms with van der Waals surface area (Å²) in [5.74, 6) is -0.0583. The Bertz CT molecular complexity index is 963. The van der Waals surface area contributed by atoms with E-state index in [9.17, 15) is 4.79 Å². The number of benzene rings is 2. The number of likely N-dealkylation sites (N-methyl/N-ethyl adjacent to an activating group) is 1. The van der Waals surface area contributed by atoms with E-state index in [1.54, 1.807) is 0 Å². The molecule has 2 aromatic carbocycles. The van der Waals surface area contributed by atoms with Crippen LogP contribution >= 0.6 is 11.6 Å². The van der Waals surface area contributed by atoms with Crippen LogP contribution in [-0.2, 0) is 24.2 Å². The van der Waals surface area contributed by atoms with Gasteiger partial charge < -0.3 is 10.3 Å². The van der Waals surface area contributed by atoms with Gasteiger partial charge in [-0.2, -0.15) is 0 Å². The molecule has 26 heavy (non-hydrogen) atoms. The van der Waals surface area contributed by atoms with Gasteiger partial charge in [-0.15, -0.1) is 0 Å². The molecule has 0 unspecified atom stereocenters. The fourth-order valence-corrected chi connectivity index (χ4v) is 3.84. The van der Waals surface area contributed by atoms with Crippen LogP contribution < -0.4 is 5.32 Å². The molecule has 0 spiro atoms. The average molecular weight is 368 g/mol. The van der Waals surface area contributed by atoms with Crippen molar-refractivity contribution in [3.05, 3.63) is 64.3 Å². The molecule has 0 saturated carbocycles. The lowest BCUT2D eigenvalue weighted by Gasteiger charge is -2.25. The van der Waals surface area contributed by atoms with Crippen LogP contribution in [0.5, 0.6) is 0 Å². The van der Waals surface area contributed by atoms with E-state index in [4.69, 9.17) is 11.6 Å². The molecule has 0 saturated heterocycles. The third-order valence-corrected chi connectivity index (χ3v) is 5.46. The zero-order valence-corrected chi connectivity index (χ0v) is 15.6. The number of carbonyl (C=O) groups is 1. The molecule has 0 atom stereocenters. The van der Waals surface area contributed by atoms with Gasteiger partial charge in [-0.1, -0.05) is 36.7 Å². The summed E-state index contributed by atoms with van der Waals surface area (Å²) in [6.45, 7) is 5.31. The summed E-state index contributed by atoms with van der Waals surface area (Å²) in [4.78, 5) is 18.4. The van der Waals surface area contributed by atoms with Gasteiger partial charge in [0.2, 0.25) is 5.91 Å². The second-order valence-electron chi connectivity index (χ2n) is 6.78. The highest BCUT2D eigenvalue weighted by molar-refractivity contribution is 6.31. The molecule has 134 valence electrons. The third kappa shape index (κ3) is 3.35. The molecule has 5 heteroatoms. The van der Waals surface area contributed by atoms with Crippen LogP contribution in [-0.4, -0.2) is 28.9 Å². The second kappa shape index (κ2) is 7.14. The van der Waals surface area contributed by atoms with Gasteiger partial charge in [0.05, 0.1) is 6.42 Å². The van der Waals surface area contributed by atoms with Crippen molar-refractivity contribution >= 4 is 34.1 Å². The van der Waals surface area contributed by atoms with E-state index in [0.29, 0.717) is 5.02 Å². The maximum absolute atomic E-state index is 12.4. The molecule has 1 aromatic heterocycles. The summed E-state index contributed by atoms with van der Waals surface area (Å²) in [5.41, 5.74) is 5.48. The van der Waals surface area contributed by atoms with Crippen molar-refractivity contribution in [3.8, 4) is 0 Å². The summed E-state index contributed by atoms with van der Waals surface area (Å²) in [7, 11) is 0. The lowest BCUT2D eigenvalue weighted by molar-refractivity contribution is -0.115. The topological polar surface area (TPSA) is 48.1 Å². The van der Waals surface area contributed by atoms with Crippen LogP contribution in [0, 0.1) is 0 Å². The van der Waals surface area contributed by atoms with Crippen molar-refractivity contribution in [2.45, 2.75) is 26.3 Å². The van der Waals surface area contributed by atoms with Gasteiger partial charge in [0.25, 0.3) is 0 Å². The number of nitrogens with zero attached hydrogens (tertiary/aromatic N) is 1.